The first kappa shape index (κ1) is 23.4. The molecule has 1 heterocycles. The molecule has 0 N–H and O–H groups in total. The van der Waals surface area contributed by atoms with Crippen LogP contribution in [-0.2, 0) is 4.74 Å². The van der Waals surface area contributed by atoms with Gasteiger partial charge in [0.1, 0.15) is 11.3 Å². The van der Waals surface area contributed by atoms with E-state index in [1.807, 2.05) is 30.3 Å². The summed E-state index contributed by atoms with van der Waals surface area (Å²) >= 11 is 0. The molecule has 1 aromatic heterocycles. The smallest absolute Gasteiger partial charge is 0.345 e. The Kier molecular flexibility index (Phi) is 7.81. The molecule has 34 heavy (non-hydrogen) atoms. The van der Waals surface area contributed by atoms with E-state index in [0.717, 1.165) is 18.4 Å². The number of para-hydroxylation sites is 3. The molecule has 0 bridgehead atoms. The minimum atomic E-state index is -0.534. The highest BCUT2D eigenvalue weighted by Gasteiger charge is 2.16. The van der Waals surface area contributed by atoms with E-state index < -0.39 is 5.97 Å². The summed E-state index contributed by atoms with van der Waals surface area (Å²) in [6.07, 6.45) is 6.80. The first-order valence-electron chi connectivity index (χ1n) is 11.8. The largest absolute Gasteiger partial charge is 0.462 e. The van der Waals surface area contributed by atoms with Gasteiger partial charge in [0, 0.05) is 0 Å². The number of benzene rings is 3. The van der Waals surface area contributed by atoms with Gasteiger partial charge in [-0.15, -0.1) is 0 Å². The van der Waals surface area contributed by atoms with E-state index in [0.29, 0.717) is 40.0 Å². The third-order valence-corrected chi connectivity index (χ3v) is 5.62. The molecule has 4 aromatic rings. The average Bonchev–Trinajstić information content (AvgIpc) is 2.86. The molecule has 3 aromatic carbocycles. The molecule has 174 valence electrons. The van der Waals surface area contributed by atoms with Crippen molar-refractivity contribution in [2.24, 2.45) is 0 Å². The molecule has 0 radical (unpaired) electrons. The van der Waals surface area contributed by atoms with Crippen LogP contribution in [0.15, 0.2) is 66.7 Å². The fourth-order valence-corrected chi connectivity index (χ4v) is 3.76. The number of unbranched alkanes of at least 4 members (excludes halogenated alkanes) is 5. The number of fused-ring (bicyclic) bond motifs is 2. The van der Waals surface area contributed by atoms with Gasteiger partial charge >= 0.3 is 11.9 Å². The molecule has 0 unspecified atom stereocenters. The predicted octanol–water partition coefficient (Wildman–Crippen LogP) is 6.52. The highest BCUT2D eigenvalue weighted by Crippen LogP contribution is 2.22. The molecule has 0 aliphatic rings. The van der Waals surface area contributed by atoms with Crippen LogP contribution in [0.1, 0.15) is 66.2 Å². The number of aromatic nitrogens is 2. The van der Waals surface area contributed by atoms with Gasteiger partial charge in [-0.3, -0.25) is 0 Å². The van der Waals surface area contributed by atoms with E-state index in [9.17, 15) is 9.59 Å². The predicted molar refractivity (Wildman–Crippen MR) is 132 cm³/mol. The number of carbonyl (C=O) groups is 2. The van der Waals surface area contributed by atoms with Crippen molar-refractivity contribution in [1.82, 2.24) is 9.97 Å². The number of carbonyl (C=O) groups excluding carboxylic acids is 2. The summed E-state index contributed by atoms with van der Waals surface area (Å²) in [4.78, 5) is 34.3. The Morgan fingerprint density at radius 3 is 2.15 bits per heavy atom. The Hall–Kier alpha value is -3.80. The maximum Gasteiger partial charge on any atom is 0.345 e. The van der Waals surface area contributed by atoms with Crippen LogP contribution in [-0.4, -0.2) is 28.5 Å². The van der Waals surface area contributed by atoms with Gasteiger partial charge in [-0.05, 0) is 55.0 Å². The van der Waals surface area contributed by atoms with E-state index in [1.165, 1.54) is 25.7 Å². The summed E-state index contributed by atoms with van der Waals surface area (Å²) in [5.41, 5.74) is 3.34. The number of nitrogens with zero attached hydrogens (tertiary/aromatic N) is 2. The molecule has 0 atom stereocenters. The highest BCUT2D eigenvalue weighted by atomic mass is 16.5. The molecule has 4 rings (SSSR count). The summed E-state index contributed by atoms with van der Waals surface area (Å²) in [6, 6.07) is 19.1. The van der Waals surface area contributed by atoms with Crippen LogP contribution in [0.3, 0.4) is 0 Å². The lowest BCUT2D eigenvalue weighted by Crippen LogP contribution is -2.10. The van der Waals surface area contributed by atoms with Crippen LogP contribution in [0.2, 0.25) is 0 Å². The standard InChI is InChI=1S/C28H28N2O4/c1-2-3-4-5-6-9-19-33-27(31)20-15-17-21(18-16-20)34-28(32)22-11-10-14-25-26(22)30-24-13-8-7-12-23(24)29-25/h7-8,10-18H,2-6,9,19H2,1H3. The number of ether oxygens (including phenoxy) is 2. The second-order valence-electron chi connectivity index (χ2n) is 8.20. The molecule has 0 spiro atoms. The van der Waals surface area contributed by atoms with Gasteiger partial charge in [-0.1, -0.05) is 57.2 Å². The second-order valence-corrected chi connectivity index (χ2v) is 8.20. The number of hydrogen-bond acceptors (Lipinski definition) is 6. The Bertz CT molecular complexity index is 1280. The number of rotatable bonds is 10. The zero-order valence-corrected chi connectivity index (χ0v) is 19.3. The quantitative estimate of drug-likeness (QED) is 0.117. The summed E-state index contributed by atoms with van der Waals surface area (Å²) in [5.74, 6) is -0.570. The van der Waals surface area contributed by atoms with Crippen molar-refractivity contribution >= 4 is 34.0 Å². The maximum absolute atomic E-state index is 12.9. The lowest BCUT2D eigenvalue weighted by molar-refractivity contribution is 0.0497. The summed E-state index contributed by atoms with van der Waals surface area (Å²) in [6.45, 7) is 2.60. The van der Waals surface area contributed by atoms with Gasteiger partial charge in [0.25, 0.3) is 0 Å². The molecular weight excluding hydrogens is 428 g/mol. The summed E-state index contributed by atoms with van der Waals surface area (Å²) < 4.78 is 10.9. The molecule has 0 saturated heterocycles. The van der Waals surface area contributed by atoms with Crippen molar-refractivity contribution in [2.45, 2.75) is 45.4 Å². The molecule has 0 aliphatic heterocycles. The minimum Gasteiger partial charge on any atom is -0.462 e. The molecule has 0 aliphatic carbocycles. The lowest BCUT2D eigenvalue weighted by Gasteiger charge is -2.08. The van der Waals surface area contributed by atoms with Crippen molar-refractivity contribution in [1.29, 1.82) is 0 Å². The minimum absolute atomic E-state index is 0.332. The summed E-state index contributed by atoms with van der Waals surface area (Å²) in [5, 5.41) is 0. The SMILES string of the molecule is CCCCCCCCOC(=O)c1ccc(OC(=O)c2cccc3nc4ccccc4nc23)cc1. The van der Waals surface area contributed by atoms with Crippen LogP contribution < -0.4 is 4.74 Å². The third kappa shape index (κ3) is 5.76. The number of esters is 2. The molecule has 0 amide bonds. The fourth-order valence-electron chi connectivity index (χ4n) is 3.76. The van der Waals surface area contributed by atoms with Crippen LogP contribution in [0, 0.1) is 0 Å². The first-order valence-corrected chi connectivity index (χ1v) is 11.8. The molecule has 6 heteroatoms. The zero-order chi connectivity index (χ0) is 23.8. The molecular formula is C28H28N2O4. The van der Waals surface area contributed by atoms with E-state index in [-0.39, 0.29) is 5.97 Å². The van der Waals surface area contributed by atoms with Gasteiger partial charge in [0.2, 0.25) is 0 Å². The van der Waals surface area contributed by atoms with E-state index in [2.05, 4.69) is 16.9 Å². The van der Waals surface area contributed by atoms with Gasteiger partial charge in [-0.25, -0.2) is 19.6 Å². The monoisotopic (exact) mass is 456 g/mol. The topological polar surface area (TPSA) is 78.4 Å². The van der Waals surface area contributed by atoms with E-state index >= 15 is 0 Å². The fraction of sp³-hybridized carbons (Fsp3) is 0.286. The Morgan fingerprint density at radius 1 is 0.706 bits per heavy atom. The van der Waals surface area contributed by atoms with Crippen molar-refractivity contribution in [3.8, 4) is 5.75 Å². The Balaban J connectivity index is 1.37. The third-order valence-electron chi connectivity index (χ3n) is 5.62. The zero-order valence-electron chi connectivity index (χ0n) is 19.3. The first-order chi connectivity index (χ1) is 16.7. The van der Waals surface area contributed by atoms with E-state index in [4.69, 9.17) is 9.47 Å². The molecule has 6 nitrogen and oxygen atoms in total. The van der Waals surface area contributed by atoms with Crippen molar-refractivity contribution in [2.75, 3.05) is 6.61 Å². The van der Waals surface area contributed by atoms with Crippen molar-refractivity contribution in [3.05, 3.63) is 77.9 Å². The van der Waals surface area contributed by atoms with Gasteiger partial charge in [0.05, 0.1) is 34.3 Å². The molecule has 0 saturated carbocycles. The van der Waals surface area contributed by atoms with Gasteiger partial charge < -0.3 is 9.47 Å². The lowest BCUT2D eigenvalue weighted by atomic mass is 10.1. The van der Waals surface area contributed by atoms with Gasteiger partial charge in [0.15, 0.2) is 0 Å². The maximum atomic E-state index is 12.9. The Labute approximate surface area is 198 Å². The van der Waals surface area contributed by atoms with Crippen molar-refractivity contribution < 1.29 is 19.1 Å². The second kappa shape index (κ2) is 11.4. The van der Waals surface area contributed by atoms with Crippen LogP contribution in [0.25, 0.3) is 22.1 Å². The summed E-state index contributed by atoms with van der Waals surface area (Å²) in [7, 11) is 0. The number of hydrogen-bond donors (Lipinski definition) is 0. The van der Waals surface area contributed by atoms with Crippen LogP contribution >= 0.6 is 0 Å². The Morgan fingerprint density at radius 2 is 1.38 bits per heavy atom. The van der Waals surface area contributed by atoms with Crippen LogP contribution in [0.5, 0.6) is 5.75 Å². The van der Waals surface area contributed by atoms with Crippen molar-refractivity contribution in [3.63, 3.8) is 0 Å². The van der Waals surface area contributed by atoms with Gasteiger partial charge in [-0.2, -0.15) is 0 Å². The van der Waals surface area contributed by atoms with Crippen LogP contribution in [0.4, 0.5) is 0 Å². The highest BCUT2D eigenvalue weighted by molar-refractivity contribution is 6.04. The molecule has 0 fully saturated rings. The normalized spacial score (nSPS) is 11.0. The average molecular weight is 457 g/mol. The van der Waals surface area contributed by atoms with E-state index in [1.54, 1.807) is 36.4 Å².